The van der Waals surface area contributed by atoms with E-state index in [2.05, 4.69) is 36.0 Å². The van der Waals surface area contributed by atoms with E-state index in [4.69, 9.17) is 0 Å². The van der Waals surface area contributed by atoms with Crippen molar-refractivity contribution in [2.75, 3.05) is 6.26 Å². The van der Waals surface area contributed by atoms with Crippen LogP contribution in [0, 0.1) is 0 Å². The number of nitrogens with one attached hydrogen (secondary N) is 1. The van der Waals surface area contributed by atoms with Crippen LogP contribution < -0.4 is 5.32 Å². The second-order valence-corrected chi connectivity index (χ2v) is 6.39. The van der Waals surface area contributed by atoms with Gasteiger partial charge in [0.15, 0.2) is 0 Å². The summed E-state index contributed by atoms with van der Waals surface area (Å²) in [5.41, 5.74) is 0. The van der Waals surface area contributed by atoms with Gasteiger partial charge >= 0.3 is 0 Å². The fraction of sp³-hybridized carbons (Fsp3) is 0.667. The maximum atomic E-state index is 3.74. The number of thioether (sulfide) groups is 1. The summed E-state index contributed by atoms with van der Waals surface area (Å²) in [6, 6.07) is 5.62. The molecule has 0 aliphatic heterocycles. The van der Waals surface area contributed by atoms with Crippen LogP contribution in [0.3, 0.4) is 0 Å². The van der Waals surface area contributed by atoms with Gasteiger partial charge in [-0.2, -0.15) is 11.8 Å². The molecule has 84 valence electrons. The van der Waals surface area contributed by atoms with Gasteiger partial charge in [0.2, 0.25) is 0 Å². The van der Waals surface area contributed by atoms with Crippen LogP contribution in [0.25, 0.3) is 0 Å². The van der Waals surface area contributed by atoms with Gasteiger partial charge in [0.05, 0.1) is 0 Å². The van der Waals surface area contributed by atoms with E-state index in [0.29, 0.717) is 6.04 Å². The molecule has 1 aliphatic rings. The molecule has 2 rings (SSSR count). The summed E-state index contributed by atoms with van der Waals surface area (Å²) in [5, 5.41) is 6.79. The summed E-state index contributed by atoms with van der Waals surface area (Å²) >= 11 is 3.88. The second kappa shape index (κ2) is 5.37. The van der Waals surface area contributed by atoms with E-state index in [1.54, 1.807) is 0 Å². The molecule has 0 saturated heterocycles. The highest BCUT2D eigenvalue weighted by molar-refractivity contribution is 7.99. The summed E-state index contributed by atoms with van der Waals surface area (Å²) in [6.07, 6.45) is 6.31. The number of thiophene rings is 1. The van der Waals surface area contributed by atoms with Crippen LogP contribution in [-0.4, -0.2) is 17.5 Å². The van der Waals surface area contributed by atoms with Crippen molar-refractivity contribution in [1.82, 2.24) is 5.32 Å². The van der Waals surface area contributed by atoms with E-state index in [1.165, 1.54) is 24.1 Å². The molecule has 3 heteroatoms. The van der Waals surface area contributed by atoms with Gasteiger partial charge in [-0.25, -0.2) is 0 Å². The average Bonchev–Trinajstić information content (AvgIpc) is 2.87. The van der Waals surface area contributed by atoms with E-state index in [9.17, 15) is 0 Å². The Morgan fingerprint density at radius 2 is 2.40 bits per heavy atom. The number of hydrogen-bond acceptors (Lipinski definition) is 3. The van der Waals surface area contributed by atoms with Crippen molar-refractivity contribution >= 4 is 23.1 Å². The lowest BCUT2D eigenvalue weighted by atomic mass is 10.2. The van der Waals surface area contributed by atoms with Gasteiger partial charge < -0.3 is 5.32 Å². The molecule has 0 radical (unpaired) electrons. The zero-order chi connectivity index (χ0) is 10.7. The summed E-state index contributed by atoms with van der Waals surface area (Å²) in [4.78, 5) is 1.46. The molecule has 0 bridgehead atoms. The van der Waals surface area contributed by atoms with Crippen LogP contribution in [0.4, 0.5) is 0 Å². The zero-order valence-electron chi connectivity index (χ0n) is 9.40. The topological polar surface area (TPSA) is 12.0 Å². The van der Waals surface area contributed by atoms with Gasteiger partial charge in [0.25, 0.3) is 0 Å². The summed E-state index contributed by atoms with van der Waals surface area (Å²) in [6.45, 7) is 2.28. The van der Waals surface area contributed by atoms with Crippen LogP contribution in [0.1, 0.15) is 37.1 Å². The monoisotopic (exact) mass is 241 g/mol. The molecule has 1 aromatic rings. The van der Waals surface area contributed by atoms with Crippen molar-refractivity contribution in [3.63, 3.8) is 0 Å². The molecule has 1 aromatic heterocycles. The lowest BCUT2D eigenvalue weighted by Crippen LogP contribution is -2.29. The van der Waals surface area contributed by atoms with Crippen molar-refractivity contribution < 1.29 is 0 Å². The molecule has 3 atom stereocenters. The van der Waals surface area contributed by atoms with E-state index < -0.39 is 0 Å². The molecule has 0 amide bonds. The van der Waals surface area contributed by atoms with Crippen molar-refractivity contribution in [2.24, 2.45) is 0 Å². The second-order valence-electron chi connectivity index (χ2n) is 4.27. The molecule has 1 nitrogen and oxygen atoms in total. The molecule has 1 heterocycles. The SMILES string of the molecule is CS[C@@H]1CC[C@H](N[C@H](C)c2cccs2)C1. The third-order valence-electron chi connectivity index (χ3n) is 3.17. The Morgan fingerprint density at radius 3 is 3.00 bits per heavy atom. The van der Waals surface area contributed by atoms with Crippen LogP contribution >= 0.6 is 23.1 Å². The van der Waals surface area contributed by atoms with Gasteiger partial charge in [-0.15, -0.1) is 11.3 Å². The lowest BCUT2D eigenvalue weighted by Gasteiger charge is -2.18. The number of hydrogen-bond donors (Lipinski definition) is 1. The predicted octanol–water partition coefficient (Wildman–Crippen LogP) is 3.68. The highest BCUT2D eigenvalue weighted by atomic mass is 32.2. The minimum absolute atomic E-state index is 0.524. The van der Waals surface area contributed by atoms with Crippen LogP contribution in [-0.2, 0) is 0 Å². The smallest absolute Gasteiger partial charge is 0.0388 e. The molecule has 1 N–H and O–H groups in total. The Labute approximate surface area is 101 Å². The predicted molar refractivity (Wildman–Crippen MR) is 70.8 cm³/mol. The Kier molecular flexibility index (Phi) is 4.12. The Hall–Kier alpha value is 0.01000. The first-order chi connectivity index (χ1) is 7.29. The van der Waals surface area contributed by atoms with Crippen LogP contribution in [0.15, 0.2) is 17.5 Å². The van der Waals surface area contributed by atoms with Crippen LogP contribution in [0.2, 0.25) is 0 Å². The van der Waals surface area contributed by atoms with Gasteiger partial charge in [-0.05, 0) is 43.9 Å². The van der Waals surface area contributed by atoms with E-state index >= 15 is 0 Å². The van der Waals surface area contributed by atoms with Crippen molar-refractivity contribution in [2.45, 2.75) is 43.5 Å². The van der Waals surface area contributed by atoms with E-state index in [0.717, 1.165) is 11.3 Å². The van der Waals surface area contributed by atoms with Gasteiger partial charge in [0, 0.05) is 22.2 Å². The standard InChI is InChI=1S/C12H19NS2/c1-9(12-4-3-7-15-12)13-10-5-6-11(8-10)14-2/h3-4,7,9-11,13H,5-6,8H2,1-2H3/t9-,10+,11-/m1/s1. The van der Waals surface area contributed by atoms with Crippen LogP contribution in [0.5, 0.6) is 0 Å². The molecular formula is C12H19NS2. The molecular weight excluding hydrogens is 222 g/mol. The first kappa shape index (κ1) is 11.5. The Morgan fingerprint density at radius 1 is 1.53 bits per heavy atom. The molecule has 0 unspecified atom stereocenters. The minimum atomic E-state index is 0.524. The van der Waals surface area contributed by atoms with Crippen molar-refractivity contribution in [1.29, 1.82) is 0 Å². The normalized spacial score (nSPS) is 28.1. The van der Waals surface area contributed by atoms with Crippen molar-refractivity contribution in [3.05, 3.63) is 22.4 Å². The van der Waals surface area contributed by atoms with Gasteiger partial charge in [-0.3, -0.25) is 0 Å². The highest BCUT2D eigenvalue weighted by Gasteiger charge is 2.25. The van der Waals surface area contributed by atoms with E-state index in [1.807, 2.05) is 23.1 Å². The maximum absolute atomic E-state index is 3.74. The van der Waals surface area contributed by atoms with E-state index in [-0.39, 0.29) is 0 Å². The maximum Gasteiger partial charge on any atom is 0.0388 e. The first-order valence-electron chi connectivity index (χ1n) is 5.62. The van der Waals surface area contributed by atoms with Gasteiger partial charge in [0.1, 0.15) is 0 Å². The lowest BCUT2D eigenvalue weighted by molar-refractivity contribution is 0.466. The number of rotatable bonds is 4. The summed E-state index contributed by atoms with van der Waals surface area (Å²) in [5.74, 6) is 0. The molecule has 1 aliphatic carbocycles. The largest absolute Gasteiger partial charge is 0.307 e. The fourth-order valence-corrected chi connectivity index (χ4v) is 3.82. The third-order valence-corrected chi connectivity index (χ3v) is 5.32. The molecule has 0 aromatic carbocycles. The average molecular weight is 241 g/mol. The quantitative estimate of drug-likeness (QED) is 0.863. The minimum Gasteiger partial charge on any atom is -0.307 e. The Balaban J connectivity index is 1.83. The summed E-state index contributed by atoms with van der Waals surface area (Å²) < 4.78 is 0. The Bertz CT molecular complexity index is 284. The highest BCUT2D eigenvalue weighted by Crippen LogP contribution is 2.30. The molecule has 0 spiro atoms. The zero-order valence-corrected chi connectivity index (χ0v) is 11.0. The molecule has 1 saturated carbocycles. The fourth-order valence-electron chi connectivity index (χ4n) is 2.28. The summed E-state index contributed by atoms with van der Waals surface area (Å²) in [7, 11) is 0. The van der Waals surface area contributed by atoms with Gasteiger partial charge in [-0.1, -0.05) is 6.07 Å². The third kappa shape index (κ3) is 2.99. The van der Waals surface area contributed by atoms with Crippen molar-refractivity contribution in [3.8, 4) is 0 Å². The molecule has 1 fully saturated rings. The molecule has 15 heavy (non-hydrogen) atoms. The first-order valence-corrected chi connectivity index (χ1v) is 7.78.